The molecular weight excluding hydrogens is 666 g/mol. The SMILES string of the molecule is COC(=O)C(Cc1ccccc1)NC(=O)NCc1ccc(C2OC(CN(C)C(C)c3ccc4ccccc4c3)C(C)C(c3ccc(CO)cc3)O2)cc1. The van der Waals surface area contributed by atoms with Crippen molar-refractivity contribution in [1.29, 1.82) is 0 Å². The first-order chi connectivity index (χ1) is 25.7. The summed E-state index contributed by atoms with van der Waals surface area (Å²) in [5.74, 6) is -0.472. The Morgan fingerprint density at radius 3 is 2.17 bits per heavy atom. The van der Waals surface area contributed by atoms with Crippen LogP contribution < -0.4 is 10.6 Å². The van der Waals surface area contributed by atoms with Crippen molar-refractivity contribution >= 4 is 22.8 Å². The van der Waals surface area contributed by atoms with E-state index in [9.17, 15) is 14.7 Å². The Balaban J connectivity index is 1.13. The fourth-order valence-electron chi connectivity index (χ4n) is 6.86. The number of nitrogens with one attached hydrogen (secondary N) is 2. The van der Waals surface area contributed by atoms with Crippen LogP contribution in [0.25, 0.3) is 10.8 Å². The highest BCUT2D eigenvalue weighted by molar-refractivity contribution is 5.84. The van der Waals surface area contributed by atoms with Crippen LogP contribution in [0.2, 0.25) is 0 Å². The van der Waals surface area contributed by atoms with Crippen molar-refractivity contribution in [3.05, 3.63) is 155 Å². The highest BCUT2D eigenvalue weighted by Crippen LogP contribution is 2.42. The second-order valence-electron chi connectivity index (χ2n) is 13.9. The van der Waals surface area contributed by atoms with Gasteiger partial charge >= 0.3 is 12.0 Å². The van der Waals surface area contributed by atoms with Gasteiger partial charge in [0.05, 0.1) is 25.9 Å². The molecule has 2 amide bonds. The molecule has 6 unspecified atom stereocenters. The van der Waals surface area contributed by atoms with Gasteiger partial charge in [-0.3, -0.25) is 4.90 Å². The minimum atomic E-state index is -0.817. The lowest BCUT2D eigenvalue weighted by Gasteiger charge is -2.43. The summed E-state index contributed by atoms with van der Waals surface area (Å²) in [4.78, 5) is 27.6. The van der Waals surface area contributed by atoms with Crippen LogP contribution in [0.5, 0.6) is 0 Å². The van der Waals surface area contributed by atoms with E-state index in [4.69, 9.17) is 14.2 Å². The van der Waals surface area contributed by atoms with Crippen molar-refractivity contribution in [3.8, 4) is 0 Å². The van der Waals surface area contributed by atoms with Crippen LogP contribution in [0.1, 0.15) is 65.7 Å². The number of methoxy groups -OCH3 is 1. The summed E-state index contributed by atoms with van der Waals surface area (Å²) in [5.41, 5.74) is 5.78. The Hall–Kier alpha value is -5.06. The predicted molar refractivity (Wildman–Crippen MR) is 206 cm³/mol. The lowest BCUT2D eigenvalue weighted by atomic mass is 9.89. The standard InChI is InChI=1S/C44H49N3O6/c1-29-40(27-47(3)30(2)37-23-22-34-12-8-9-13-38(34)25-37)52-43(53-41(29)35-18-16-33(28-48)17-19-35)36-20-14-32(15-21-36)26-45-44(50)46-39(42(49)51-4)24-31-10-6-5-7-11-31/h5-23,25,29-30,39-41,43,48H,24,26-28H2,1-4H3,(H2,45,46,50). The number of hydrogen-bond donors (Lipinski definition) is 3. The number of fused-ring (bicyclic) bond motifs is 1. The zero-order chi connectivity index (χ0) is 37.3. The van der Waals surface area contributed by atoms with E-state index in [2.05, 4.69) is 78.9 Å². The zero-order valence-corrected chi connectivity index (χ0v) is 30.8. The van der Waals surface area contributed by atoms with Crippen LogP contribution in [0.4, 0.5) is 4.79 Å². The van der Waals surface area contributed by atoms with E-state index in [1.165, 1.54) is 23.4 Å². The van der Waals surface area contributed by atoms with E-state index >= 15 is 0 Å². The second kappa shape index (κ2) is 17.6. The first kappa shape index (κ1) is 37.7. The number of nitrogens with zero attached hydrogens (tertiary/aromatic N) is 1. The van der Waals surface area contributed by atoms with Crippen molar-refractivity contribution in [2.75, 3.05) is 20.7 Å². The number of carbonyl (C=O) groups excluding carboxylic acids is 2. The average molecular weight is 716 g/mol. The molecule has 3 N–H and O–H groups in total. The Morgan fingerprint density at radius 1 is 0.811 bits per heavy atom. The van der Waals surface area contributed by atoms with Crippen LogP contribution >= 0.6 is 0 Å². The second-order valence-corrected chi connectivity index (χ2v) is 13.9. The molecule has 9 heteroatoms. The summed E-state index contributed by atoms with van der Waals surface area (Å²) >= 11 is 0. The average Bonchev–Trinajstić information content (AvgIpc) is 3.20. The van der Waals surface area contributed by atoms with Crippen molar-refractivity contribution in [1.82, 2.24) is 15.5 Å². The van der Waals surface area contributed by atoms with Crippen molar-refractivity contribution in [3.63, 3.8) is 0 Å². The molecule has 1 aliphatic heterocycles. The van der Waals surface area contributed by atoms with Gasteiger partial charge in [-0.2, -0.15) is 0 Å². The number of carbonyl (C=O) groups is 2. The number of hydrogen-bond acceptors (Lipinski definition) is 7. The quantitative estimate of drug-likeness (QED) is 0.109. The Morgan fingerprint density at radius 2 is 1.47 bits per heavy atom. The molecule has 0 spiro atoms. The number of ether oxygens (including phenoxy) is 3. The van der Waals surface area contributed by atoms with Crippen LogP contribution in [-0.4, -0.2) is 54.9 Å². The number of urea groups is 1. The summed E-state index contributed by atoms with van der Waals surface area (Å²) in [6, 6.07) is 39.2. The topological polar surface area (TPSA) is 109 Å². The number of aliphatic hydroxyl groups is 1. The normalized spacial score (nSPS) is 19.7. The lowest BCUT2D eigenvalue weighted by molar-refractivity contribution is -0.276. The molecule has 5 aromatic rings. The number of aliphatic hydroxyl groups excluding tert-OH is 1. The van der Waals surface area contributed by atoms with Gasteiger partial charge < -0.3 is 30.0 Å². The third-order valence-electron chi connectivity index (χ3n) is 10.3. The molecule has 9 nitrogen and oxygen atoms in total. The van der Waals surface area contributed by atoms with E-state index in [-0.39, 0.29) is 37.3 Å². The van der Waals surface area contributed by atoms with Crippen LogP contribution in [0.15, 0.2) is 121 Å². The molecule has 1 aliphatic rings. The molecular formula is C44H49N3O6. The lowest BCUT2D eigenvalue weighted by Crippen LogP contribution is -2.47. The maximum atomic E-state index is 12.8. The molecule has 1 heterocycles. The van der Waals surface area contributed by atoms with Gasteiger partial charge in [0.1, 0.15) is 6.04 Å². The van der Waals surface area contributed by atoms with Gasteiger partial charge in [0, 0.05) is 37.0 Å². The van der Waals surface area contributed by atoms with Crippen molar-refractivity contribution in [2.45, 2.75) is 64.0 Å². The van der Waals surface area contributed by atoms with Crippen LogP contribution in [0.3, 0.4) is 0 Å². The summed E-state index contributed by atoms with van der Waals surface area (Å²) in [6.45, 7) is 5.32. The van der Waals surface area contributed by atoms with E-state index in [0.717, 1.165) is 27.8 Å². The summed E-state index contributed by atoms with van der Waals surface area (Å²) in [6.07, 6.45) is -0.680. The zero-order valence-electron chi connectivity index (χ0n) is 30.8. The first-order valence-corrected chi connectivity index (χ1v) is 18.2. The molecule has 0 radical (unpaired) electrons. The molecule has 0 aromatic heterocycles. The van der Waals surface area contributed by atoms with E-state index in [0.29, 0.717) is 13.0 Å². The third kappa shape index (κ3) is 9.49. The van der Waals surface area contributed by atoms with Crippen molar-refractivity contribution < 1.29 is 28.9 Å². The van der Waals surface area contributed by atoms with E-state index < -0.39 is 24.3 Å². The van der Waals surface area contributed by atoms with Crippen molar-refractivity contribution in [2.24, 2.45) is 5.92 Å². The van der Waals surface area contributed by atoms with E-state index in [1.807, 2.05) is 78.9 Å². The van der Waals surface area contributed by atoms with Crippen LogP contribution in [-0.2, 0) is 38.6 Å². The summed E-state index contributed by atoms with van der Waals surface area (Å²) < 4.78 is 18.4. The molecule has 6 atom stereocenters. The third-order valence-corrected chi connectivity index (χ3v) is 10.3. The molecule has 0 aliphatic carbocycles. The van der Waals surface area contributed by atoms with Gasteiger partial charge in [0.15, 0.2) is 6.29 Å². The number of likely N-dealkylation sites (N-methyl/N-ethyl adjacent to an activating group) is 1. The van der Waals surface area contributed by atoms with Gasteiger partial charge in [-0.25, -0.2) is 9.59 Å². The van der Waals surface area contributed by atoms with Gasteiger partial charge in [-0.1, -0.05) is 122 Å². The molecule has 1 saturated heterocycles. The fraction of sp³-hybridized carbons (Fsp3) is 0.318. The maximum absolute atomic E-state index is 12.8. The number of benzene rings is 5. The monoisotopic (exact) mass is 715 g/mol. The molecule has 0 saturated carbocycles. The highest BCUT2D eigenvalue weighted by Gasteiger charge is 2.39. The minimum Gasteiger partial charge on any atom is -0.467 e. The predicted octanol–water partition coefficient (Wildman–Crippen LogP) is 7.40. The largest absolute Gasteiger partial charge is 0.467 e. The fourth-order valence-corrected chi connectivity index (χ4v) is 6.86. The Kier molecular flexibility index (Phi) is 12.5. The summed E-state index contributed by atoms with van der Waals surface area (Å²) in [5, 5.41) is 17.7. The van der Waals surface area contributed by atoms with Crippen LogP contribution in [0, 0.1) is 5.92 Å². The molecule has 6 rings (SSSR count). The molecule has 276 valence electrons. The molecule has 0 bridgehead atoms. The Bertz CT molecular complexity index is 1950. The number of esters is 1. The van der Waals surface area contributed by atoms with E-state index in [1.54, 1.807) is 0 Å². The van der Waals surface area contributed by atoms with Gasteiger partial charge in [-0.15, -0.1) is 0 Å². The summed E-state index contributed by atoms with van der Waals surface area (Å²) in [7, 11) is 3.45. The van der Waals surface area contributed by atoms with Gasteiger partial charge in [0.2, 0.25) is 0 Å². The van der Waals surface area contributed by atoms with Gasteiger partial charge in [-0.05, 0) is 58.6 Å². The van der Waals surface area contributed by atoms with Gasteiger partial charge in [0.25, 0.3) is 0 Å². The number of amides is 2. The highest BCUT2D eigenvalue weighted by atomic mass is 16.7. The molecule has 5 aromatic carbocycles. The Labute approximate surface area is 311 Å². The maximum Gasteiger partial charge on any atom is 0.328 e. The first-order valence-electron chi connectivity index (χ1n) is 18.2. The smallest absolute Gasteiger partial charge is 0.328 e. The molecule has 1 fully saturated rings. The number of rotatable bonds is 13. The molecule has 53 heavy (non-hydrogen) atoms. The minimum absolute atomic E-state index is 0.0183.